The third-order valence-electron chi connectivity index (χ3n) is 4.64. The Morgan fingerprint density at radius 2 is 1.73 bits per heavy atom. The smallest absolute Gasteiger partial charge is 0.261 e. The summed E-state index contributed by atoms with van der Waals surface area (Å²) in [4.78, 5) is 12.8. The maximum Gasteiger partial charge on any atom is 0.261 e. The van der Waals surface area contributed by atoms with E-state index < -0.39 is 6.10 Å². The average Bonchev–Trinajstić information content (AvgIpc) is 2.66. The van der Waals surface area contributed by atoms with Gasteiger partial charge in [-0.2, -0.15) is 0 Å². The van der Waals surface area contributed by atoms with E-state index in [-0.39, 0.29) is 11.9 Å². The van der Waals surface area contributed by atoms with Crippen LogP contribution in [0.2, 0.25) is 0 Å². The van der Waals surface area contributed by atoms with Crippen LogP contribution >= 0.6 is 0 Å². The lowest BCUT2D eigenvalue weighted by molar-refractivity contribution is -0.129. The van der Waals surface area contributed by atoms with E-state index in [0.29, 0.717) is 17.9 Å². The molecule has 0 bridgehead atoms. The zero-order chi connectivity index (χ0) is 19.1. The zero-order valence-corrected chi connectivity index (χ0v) is 16.3. The number of amides is 1. The van der Waals surface area contributed by atoms with E-state index in [2.05, 4.69) is 44.3 Å². The van der Waals surface area contributed by atoms with E-state index >= 15 is 0 Å². The first-order chi connectivity index (χ1) is 12.5. The van der Waals surface area contributed by atoms with Gasteiger partial charge in [-0.3, -0.25) is 4.79 Å². The molecule has 0 saturated carbocycles. The maximum atomic E-state index is 12.8. The molecule has 2 rings (SSSR count). The predicted molar refractivity (Wildman–Crippen MR) is 105 cm³/mol. The number of rotatable bonds is 8. The number of benzene rings is 2. The zero-order valence-electron chi connectivity index (χ0n) is 16.3. The van der Waals surface area contributed by atoms with Gasteiger partial charge < -0.3 is 14.8 Å². The molecule has 0 radical (unpaired) electrons. The van der Waals surface area contributed by atoms with Crippen molar-refractivity contribution in [1.29, 1.82) is 0 Å². The van der Waals surface area contributed by atoms with Crippen LogP contribution < -0.4 is 14.8 Å². The van der Waals surface area contributed by atoms with Gasteiger partial charge >= 0.3 is 0 Å². The molecule has 0 aliphatic heterocycles. The lowest BCUT2D eigenvalue weighted by Crippen LogP contribution is -2.40. The molecule has 26 heavy (non-hydrogen) atoms. The van der Waals surface area contributed by atoms with Crippen molar-refractivity contribution in [3.63, 3.8) is 0 Å². The second kappa shape index (κ2) is 9.27. The number of aryl methyl sites for hydroxylation is 2. The maximum absolute atomic E-state index is 12.8. The summed E-state index contributed by atoms with van der Waals surface area (Å²) < 4.78 is 11.1. The number of hydrogen-bond donors (Lipinski definition) is 1. The largest absolute Gasteiger partial charge is 0.497 e. The van der Waals surface area contributed by atoms with Crippen LogP contribution in [-0.2, 0) is 4.79 Å². The highest BCUT2D eigenvalue weighted by Gasteiger charge is 2.22. The molecule has 0 heterocycles. The van der Waals surface area contributed by atoms with Crippen LogP contribution in [0.25, 0.3) is 0 Å². The van der Waals surface area contributed by atoms with Gasteiger partial charge in [0.25, 0.3) is 5.91 Å². The fourth-order valence-electron chi connectivity index (χ4n) is 2.83. The second-order valence-electron chi connectivity index (χ2n) is 6.51. The molecule has 0 aromatic heterocycles. The Morgan fingerprint density at radius 3 is 2.35 bits per heavy atom. The van der Waals surface area contributed by atoms with Crippen LogP contribution in [0.1, 0.15) is 49.4 Å². The van der Waals surface area contributed by atoms with Crippen molar-refractivity contribution in [2.45, 2.75) is 52.7 Å². The van der Waals surface area contributed by atoms with Crippen LogP contribution in [0.15, 0.2) is 42.5 Å². The molecule has 4 nitrogen and oxygen atoms in total. The monoisotopic (exact) mass is 355 g/mol. The van der Waals surface area contributed by atoms with Crippen LogP contribution in [0, 0.1) is 13.8 Å². The molecule has 2 aromatic carbocycles. The van der Waals surface area contributed by atoms with E-state index in [1.807, 2.05) is 25.1 Å². The fraction of sp³-hybridized carbons (Fsp3) is 0.409. The van der Waals surface area contributed by atoms with Crippen LogP contribution in [0.3, 0.4) is 0 Å². The van der Waals surface area contributed by atoms with Crippen molar-refractivity contribution in [1.82, 2.24) is 5.32 Å². The Kier molecular flexibility index (Phi) is 7.07. The number of carbonyl (C=O) groups is 1. The van der Waals surface area contributed by atoms with Gasteiger partial charge in [-0.1, -0.05) is 38.1 Å². The summed E-state index contributed by atoms with van der Waals surface area (Å²) in [6.45, 7) is 8.20. The molecule has 140 valence electrons. The summed E-state index contributed by atoms with van der Waals surface area (Å²) in [5.74, 6) is 1.24. The van der Waals surface area contributed by atoms with Gasteiger partial charge in [-0.25, -0.2) is 0 Å². The number of ether oxygens (including phenoxy) is 2. The minimum Gasteiger partial charge on any atom is -0.497 e. The minimum atomic E-state index is -0.539. The predicted octanol–water partition coefficient (Wildman–Crippen LogP) is 4.74. The van der Waals surface area contributed by atoms with Gasteiger partial charge in [0.15, 0.2) is 6.10 Å². The van der Waals surface area contributed by atoms with Gasteiger partial charge in [0, 0.05) is 6.07 Å². The van der Waals surface area contributed by atoms with Crippen LogP contribution in [0.4, 0.5) is 0 Å². The molecule has 0 saturated heterocycles. The molecule has 4 heteroatoms. The van der Waals surface area contributed by atoms with Crippen molar-refractivity contribution >= 4 is 5.91 Å². The normalized spacial score (nSPS) is 13.0. The number of nitrogens with one attached hydrogen (secondary N) is 1. The Labute approximate surface area is 156 Å². The standard InChI is InChI=1S/C22H29NO3/c1-6-20(17-12-11-15(3)16(4)13-17)23-22(24)21(7-2)26-19-10-8-9-18(14-19)25-5/h8-14,20-21H,6-7H2,1-5H3,(H,23,24). The fourth-order valence-corrected chi connectivity index (χ4v) is 2.83. The second-order valence-corrected chi connectivity index (χ2v) is 6.51. The van der Waals surface area contributed by atoms with Crippen molar-refractivity contribution in [2.24, 2.45) is 0 Å². The van der Waals surface area contributed by atoms with Gasteiger partial charge in [0.1, 0.15) is 11.5 Å². The Balaban J connectivity index is 2.09. The first kappa shape index (κ1) is 19.8. The molecular formula is C22H29NO3. The van der Waals surface area contributed by atoms with Gasteiger partial charge in [-0.15, -0.1) is 0 Å². The molecule has 0 aliphatic carbocycles. The quantitative estimate of drug-likeness (QED) is 0.744. The third kappa shape index (κ3) is 5.01. The molecule has 0 aliphatic rings. The van der Waals surface area contributed by atoms with E-state index in [0.717, 1.165) is 12.0 Å². The third-order valence-corrected chi connectivity index (χ3v) is 4.64. The highest BCUT2D eigenvalue weighted by molar-refractivity contribution is 5.81. The van der Waals surface area contributed by atoms with Crippen molar-refractivity contribution in [3.05, 3.63) is 59.2 Å². The Hall–Kier alpha value is -2.49. The highest BCUT2D eigenvalue weighted by Crippen LogP contribution is 2.23. The number of carbonyl (C=O) groups excluding carboxylic acids is 1. The minimum absolute atomic E-state index is 0.0234. The lowest BCUT2D eigenvalue weighted by Gasteiger charge is -2.23. The summed E-state index contributed by atoms with van der Waals surface area (Å²) in [6, 6.07) is 13.6. The van der Waals surface area contributed by atoms with E-state index in [1.165, 1.54) is 11.1 Å². The van der Waals surface area contributed by atoms with Gasteiger partial charge in [0.2, 0.25) is 0 Å². The number of hydrogen-bond acceptors (Lipinski definition) is 3. The molecule has 1 N–H and O–H groups in total. The van der Waals surface area contributed by atoms with Crippen LogP contribution in [0.5, 0.6) is 11.5 Å². The molecule has 2 unspecified atom stereocenters. The Morgan fingerprint density at radius 1 is 1.00 bits per heavy atom. The van der Waals surface area contributed by atoms with E-state index in [1.54, 1.807) is 13.2 Å². The topological polar surface area (TPSA) is 47.6 Å². The van der Waals surface area contributed by atoms with Crippen molar-refractivity contribution < 1.29 is 14.3 Å². The van der Waals surface area contributed by atoms with Crippen molar-refractivity contribution in [2.75, 3.05) is 7.11 Å². The lowest BCUT2D eigenvalue weighted by atomic mass is 9.99. The molecule has 0 fully saturated rings. The molecule has 0 spiro atoms. The molecule has 1 amide bonds. The summed E-state index contributed by atoms with van der Waals surface area (Å²) in [6.07, 6.45) is 0.874. The summed E-state index contributed by atoms with van der Waals surface area (Å²) in [7, 11) is 1.61. The average molecular weight is 355 g/mol. The molecule has 2 atom stereocenters. The summed E-state index contributed by atoms with van der Waals surface area (Å²) in [5, 5.41) is 3.13. The Bertz CT molecular complexity index is 742. The first-order valence-corrected chi connectivity index (χ1v) is 9.16. The SMILES string of the molecule is CCC(Oc1cccc(OC)c1)C(=O)NC(CC)c1ccc(C)c(C)c1. The highest BCUT2D eigenvalue weighted by atomic mass is 16.5. The van der Waals surface area contributed by atoms with Gasteiger partial charge in [0.05, 0.1) is 13.2 Å². The van der Waals surface area contributed by atoms with E-state index in [4.69, 9.17) is 9.47 Å². The molecule has 2 aromatic rings. The van der Waals surface area contributed by atoms with E-state index in [9.17, 15) is 4.79 Å². The first-order valence-electron chi connectivity index (χ1n) is 9.16. The van der Waals surface area contributed by atoms with Gasteiger partial charge in [-0.05, 0) is 55.5 Å². The van der Waals surface area contributed by atoms with Crippen molar-refractivity contribution in [3.8, 4) is 11.5 Å². The number of methoxy groups -OCH3 is 1. The van der Waals surface area contributed by atoms with Crippen LogP contribution in [-0.4, -0.2) is 19.1 Å². The molecular weight excluding hydrogens is 326 g/mol. The summed E-state index contributed by atoms with van der Waals surface area (Å²) >= 11 is 0. The summed E-state index contributed by atoms with van der Waals surface area (Å²) in [5.41, 5.74) is 3.61.